The van der Waals surface area contributed by atoms with E-state index >= 15 is 0 Å². The van der Waals surface area contributed by atoms with E-state index in [1.54, 1.807) is 0 Å². The first-order valence-electron chi connectivity index (χ1n) is 11.4. The lowest BCUT2D eigenvalue weighted by Crippen LogP contribution is -2.24. The van der Waals surface area contributed by atoms with Gasteiger partial charge in [0.15, 0.2) is 0 Å². The molecule has 5 aromatic rings. The van der Waals surface area contributed by atoms with Gasteiger partial charge < -0.3 is 0 Å². The molecule has 0 saturated carbocycles. The molecule has 5 rings (SSSR count). The molecule has 0 aliphatic rings. The van der Waals surface area contributed by atoms with Crippen LogP contribution < -0.4 is 0 Å². The maximum absolute atomic E-state index is 7.75. The van der Waals surface area contributed by atoms with Crippen molar-refractivity contribution in [2.45, 2.75) is 10.3 Å². The molecule has 2 heteroatoms. The van der Waals surface area contributed by atoms with Crippen LogP contribution in [0.25, 0.3) is 11.1 Å². The molecule has 0 N–H and O–H groups in total. The predicted octanol–water partition coefficient (Wildman–Crippen LogP) is 9.21. The van der Waals surface area contributed by atoms with Gasteiger partial charge in [-0.15, -0.1) is 23.2 Å². The Balaban J connectivity index is 1.83. The van der Waals surface area contributed by atoms with E-state index in [9.17, 15) is 0 Å². The van der Waals surface area contributed by atoms with E-state index in [-0.39, 0.29) is 5.38 Å². The molecular weight excluding hydrogens is 455 g/mol. The molecule has 0 aliphatic carbocycles. The van der Waals surface area contributed by atoms with Crippen LogP contribution in [0.3, 0.4) is 0 Å². The zero-order chi connectivity index (χ0) is 23.4. The second-order valence-corrected chi connectivity index (χ2v) is 9.30. The van der Waals surface area contributed by atoms with Crippen LogP contribution in [0.4, 0.5) is 0 Å². The Kier molecular flexibility index (Phi) is 6.54. The molecule has 34 heavy (non-hydrogen) atoms. The maximum Gasteiger partial charge on any atom is 0.120 e. The molecule has 0 spiro atoms. The monoisotopic (exact) mass is 478 g/mol. The van der Waals surface area contributed by atoms with E-state index in [0.717, 1.165) is 38.9 Å². The summed E-state index contributed by atoms with van der Waals surface area (Å²) >= 11 is 14.9. The normalized spacial score (nSPS) is 12.3. The van der Waals surface area contributed by atoms with Crippen LogP contribution in [0.15, 0.2) is 140 Å². The molecule has 166 valence electrons. The van der Waals surface area contributed by atoms with Gasteiger partial charge in [-0.3, -0.25) is 0 Å². The topological polar surface area (TPSA) is 0 Å². The SMILES string of the molecule is ClC(c1ccccc1)c1cccc(C(Cl)(c2ccccc2)c2ccccc2)c1-c1ccccc1. The van der Waals surface area contributed by atoms with Crippen LogP contribution in [-0.2, 0) is 4.87 Å². The van der Waals surface area contributed by atoms with Gasteiger partial charge in [-0.05, 0) is 38.9 Å². The van der Waals surface area contributed by atoms with Crippen LogP contribution in [0, 0.1) is 0 Å². The van der Waals surface area contributed by atoms with Crippen LogP contribution in [-0.4, -0.2) is 0 Å². The molecule has 0 fully saturated rings. The lowest BCUT2D eigenvalue weighted by Gasteiger charge is -2.33. The predicted molar refractivity (Wildman–Crippen MR) is 145 cm³/mol. The van der Waals surface area contributed by atoms with E-state index in [1.165, 1.54) is 0 Å². The molecule has 0 radical (unpaired) electrons. The molecule has 0 aromatic heterocycles. The van der Waals surface area contributed by atoms with Crippen molar-refractivity contribution in [1.29, 1.82) is 0 Å². The second kappa shape index (κ2) is 9.89. The van der Waals surface area contributed by atoms with Gasteiger partial charge in [0.25, 0.3) is 0 Å². The van der Waals surface area contributed by atoms with Crippen molar-refractivity contribution in [3.05, 3.63) is 167 Å². The summed E-state index contributed by atoms with van der Waals surface area (Å²) in [5.74, 6) is 0. The van der Waals surface area contributed by atoms with Crippen molar-refractivity contribution >= 4 is 23.2 Å². The molecule has 5 aromatic carbocycles. The average molecular weight is 479 g/mol. The molecule has 1 unspecified atom stereocenters. The lowest BCUT2D eigenvalue weighted by molar-refractivity contribution is 0.877. The number of benzene rings is 5. The minimum atomic E-state index is -0.892. The summed E-state index contributed by atoms with van der Waals surface area (Å²) in [6.07, 6.45) is 0. The molecule has 0 heterocycles. The highest BCUT2D eigenvalue weighted by atomic mass is 35.5. The third-order valence-electron chi connectivity index (χ3n) is 6.24. The molecule has 1 atom stereocenters. The van der Waals surface area contributed by atoms with Crippen LogP contribution in [0.2, 0.25) is 0 Å². The van der Waals surface area contributed by atoms with Crippen molar-refractivity contribution < 1.29 is 0 Å². The molecule has 0 bridgehead atoms. The number of halogens is 2. The quantitative estimate of drug-likeness (QED) is 0.168. The van der Waals surface area contributed by atoms with Crippen LogP contribution in [0.1, 0.15) is 33.2 Å². The highest BCUT2D eigenvalue weighted by Crippen LogP contribution is 2.49. The fraction of sp³-hybridized carbons (Fsp3) is 0.0625. The first-order valence-corrected chi connectivity index (χ1v) is 12.2. The highest BCUT2D eigenvalue weighted by molar-refractivity contribution is 6.29. The summed E-state index contributed by atoms with van der Waals surface area (Å²) in [6, 6.07) is 47.5. The largest absolute Gasteiger partial charge is 0.120 e. The van der Waals surface area contributed by atoms with Gasteiger partial charge in [0.05, 0.1) is 5.38 Å². The van der Waals surface area contributed by atoms with Gasteiger partial charge in [0, 0.05) is 0 Å². The van der Waals surface area contributed by atoms with Gasteiger partial charge in [-0.2, -0.15) is 0 Å². The van der Waals surface area contributed by atoms with Crippen molar-refractivity contribution in [2.24, 2.45) is 0 Å². The van der Waals surface area contributed by atoms with Gasteiger partial charge in [-0.25, -0.2) is 0 Å². The van der Waals surface area contributed by atoms with E-state index in [1.807, 2.05) is 60.7 Å². The molecular formula is C32H24Cl2. The number of hydrogen-bond acceptors (Lipinski definition) is 0. The number of rotatable bonds is 6. The third-order valence-corrected chi connectivity index (χ3v) is 7.37. The summed E-state index contributed by atoms with van der Waals surface area (Å²) in [5, 5.41) is -0.316. The Hall–Kier alpha value is -3.32. The van der Waals surface area contributed by atoms with Crippen molar-refractivity contribution in [1.82, 2.24) is 0 Å². The summed E-state index contributed by atoms with van der Waals surface area (Å²) in [6.45, 7) is 0. The lowest BCUT2D eigenvalue weighted by atomic mass is 9.78. The smallest absolute Gasteiger partial charge is 0.113 e. The molecule has 0 aliphatic heterocycles. The van der Waals surface area contributed by atoms with Crippen LogP contribution in [0.5, 0.6) is 0 Å². The minimum absolute atomic E-state index is 0.316. The van der Waals surface area contributed by atoms with Gasteiger partial charge in [0.2, 0.25) is 0 Å². The molecule has 0 nitrogen and oxygen atoms in total. The van der Waals surface area contributed by atoms with E-state index in [0.29, 0.717) is 0 Å². The number of hydrogen-bond donors (Lipinski definition) is 0. The highest BCUT2D eigenvalue weighted by Gasteiger charge is 2.37. The van der Waals surface area contributed by atoms with Crippen LogP contribution >= 0.6 is 23.2 Å². The Morgan fingerprint density at radius 2 is 0.971 bits per heavy atom. The van der Waals surface area contributed by atoms with Crippen molar-refractivity contribution in [3.63, 3.8) is 0 Å². The Morgan fingerprint density at radius 1 is 0.500 bits per heavy atom. The number of alkyl halides is 2. The standard InChI is InChI=1S/C32H24Cl2/c33-31(25-16-7-2-8-17-25)28-22-13-23-29(30(28)24-14-5-1-6-15-24)32(34,26-18-9-3-10-19-26)27-20-11-4-12-21-27/h1-23,31H. The zero-order valence-electron chi connectivity index (χ0n) is 18.6. The fourth-order valence-electron chi connectivity index (χ4n) is 4.61. The third kappa shape index (κ3) is 4.16. The van der Waals surface area contributed by atoms with Gasteiger partial charge in [0.1, 0.15) is 4.87 Å². The summed E-state index contributed by atoms with van der Waals surface area (Å²) in [4.78, 5) is -0.892. The maximum atomic E-state index is 7.75. The van der Waals surface area contributed by atoms with E-state index in [4.69, 9.17) is 23.2 Å². The zero-order valence-corrected chi connectivity index (χ0v) is 20.1. The summed E-state index contributed by atoms with van der Waals surface area (Å²) < 4.78 is 0. The summed E-state index contributed by atoms with van der Waals surface area (Å²) in [5.41, 5.74) is 7.29. The summed E-state index contributed by atoms with van der Waals surface area (Å²) in [7, 11) is 0. The van der Waals surface area contributed by atoms with Gasteiger partial charge >= 0.3 is 0 Å². The van der Waals surface area contributed by atoms with Crippen molar-refractivity contribution in [3.8, 4) is 11.1 Å². The first-order chi connectivity index (χ1) is 16.7. The van der Waals surface area contributed by atoms with Gasteiger partial charge in [-0.1, -0.05) is 140 Å². The average Bonchev–Trinajstić information content (AvgIpc) is 2.93. The molecule has 0 amide bonds. The fourth-order valence-corrected chi connectivity index (χ4v) is 5.35. The van der Waals surface area contributed by atoms with E-state index < -0.39 is 4.87 Å². The second-order valence-electron chi connectivity index (χ2n) is 8.30. The van der Waals surface area contributed by atoms with Crippen molar-refractivity contribution in [2.75, 3.05) is 0 Å². The minimum Gasteiger partial charge on any atom is -0.113 e. The first kappa shape index (κ1) is 22.5. The van der Waals surface area contributed by atoms with E-state index in [2.05, 4.69) is 78.9 Å². The Labute approximate surface area is 211 Å². The molecule has 0 saturated heterocycles. The Bertz CT molecular complexity index is 1310. The Morgan fingerprint density at radius 3 is 1.50 bits per heavy atom.